The smallest absolute Gasteiger partial charge is 0.233 e. The minimum absolute atomic E-state index is 0. The standard InChI is InChI=1S/C11H23NOS2.Zn/c1-3-5-7-9-12(15-11(13)14)10-8-6-4-2;/h3-10H2,1-2H3,(H,13,14);. The van der Waals surface area contributed by atoms with Crippen LogP contribution in [-0.2, 0) is 19.5 Å². The fourth-order valence-corrected chi connectivity index (χ4v) is 2.37. The minimum Gasteiger partial charge on any atom is -0.493 e. The summed E-state index contributed by atoms with van der Waals surface area (Å²) in [6.07, 6.45) is 7.36. The van der Waals surface area contributed by atoms with Gasteiger partial charge in [-0.2, -0.15) is 0 Å². The summed E-state index contributed by atoms with van der Waals surface area (Å²) in [5.41, 5.74) is 0. The summed E-state index contributed by atoms with van der Waals surface area (Å²) in [6, 6.07) is 0. The van der Waals surface area contributed by atoms with E-state index in [4.69, 9.17) is 17.3 Å². The van der Waals surface area contributed by atoms with E-state index in [9.17, 15) is 0 Å². The molecule has 5 heteroatoms. The number of aliphatic hydroxyl groups is 1. The van der Waals surface area contributed by atoms with Gasteiger partial charge >= 0.3 is 0 Å². The maximum atomic E-state index is 9.09. The molecule has 92 valence electrons. The molecule has 0 saturated carbocycles. The number of rotatable bonds is 9. The van der Waals surface area contributed by atoms with E-state index >= 15 is 0 Å². The van der Waals surface area contributed by atoms with Gasteiger partial charge in [0.1, 0.15) is 0 Å². The molecule has 0 atom stereocenters. The van der Waals surface area contributed by atoms with E-state index < -0.39 is 0 Å². The molecule has 0 aliphatic rings. The Bertz CT molecular complexity index is 160. The average Bonchev–Trinajstić information content (AvgIpc) is 2.17. The minimum atomic E-state index is 0. The van der Waals surface area contributed by atoms with Crippen molar-refractivity contribution < 1.29 is 24.6 Å². The quantitative estimate of drug-likeness (QED) is 0.299. The van der Waals surface area contributed by atoms with E-state index in [2.05, 4.69) is 18.2 Å². The fraction of sp³-hybridized carbons (Fsp3) is 0.909. The molecule has 0 bridgehead atoms. The average molecular weight is 315 g/mol. The van der Waals surface area contributed by atoms with Gasteiger partial charge in [-0.15, -0.1) is 0 Å². The molecular formula is C11H23NOS2Zn. The number of hydrogen-bond donors (Lipinski definition) is 1. The van der Waals surface area contributed by atoms with E-state index in [1.807, 2.05) is 0 Å². The second-order valence-corrected chi connectivity index (χ2v) is 5.43. The van der Waals surface area contributed by atoms with Crippen LogP contribution in [0.2, 0.25) is 0 Å². The molecule has 2 nitrogen and oxygen atoms in total. The van der Waals surface area contributed by atoms with Crippen LogP contribution in [0.4, 0.5) is 0 Å². The molecule has 1 N–H and O–H groups in total. The molecule has 0 heterocycles. The molecule has 0 fully saturated rings. The van der Waals surface area contributed by atoms with Gasteiger partial charge in [0.2, 0.25) is 4.38 Å². The second kappa shape index (κ2) is 13.9. The predicted molar refractivity (Wildman–Crippen MR) is 73.4 cm³/mol. The Kier molecular flexibility index (Phi) is 16.6. The third-order valence-corrected chi connectivity index (χ3v) is 3.23. The Labute approximate surface area is 122 Å². The molecule has 0 amide bonds. The van der Waals surface area contributed by atoms with Gasteiger partial charge in [0, 0.05) is 44.5 Å². The van der Waals surface area contributed by atoms with Gasteiger partial charge in [-0.25, -0.2) is 4.31 Å². The molecule has 0 radical (unpaired) electrons. The van der Waals surface area contributed by atoms with E-state index in [0.717, 1.165) is 13.1 Å². The van der Waals surface area contributed by atoms with Crippen molar-refractivity contribution in [2.75, 3.05) is 13.1 Å². The first-order valence-electron chi connectivity index (χ1n) is 5.86. The summed E-state index contributed by atoms with van der Waals surface area (Å²) in [7, 11) is 0. The molecule has 0 aromatic heterocycles. The zero-order valence-electron chi connectivity index (χ0n) is 10.6. The van der Waals surface area contributed by atoms with Crippen molar-refractivity contribution in [2.45, 2.75) is 52.4 Å². The zero-order valence-corrected chi connectivity index (χ0v) is 15.2. The van der Waals surface area contributed by atoms with Crippen LogP contribution in [0.5, 0.6) is 0 Å². The van der Waals surface area contributed by atoms with Crippen LogP contribution in [-0.4, -0.2) is 26.9 Å². The van der Waals surface area contributed by atoms with Crippen molar-refractivity contribution in [3.05, 3.63) is 0 Å². The SMILES string of the molecule is CCCCCN(CCCCC)SC(O)=S.[Zn]. The normalized spacial score (nSPS) is 10.2. The Morgan fingerprint density at radius 3 is 1.81 bits per heavy atom. The number of nitrogens with zero attached hydrogens (tertiary/aromatic N) is 1. The van der Waals surface area contributed by atoms with E-state index in [1.54, 1.807) is 0 Å². The van der Waals surface area contributed by atoms with Crippen molar-refractivity contribution in [1.82, 2.24) is 4.31 Å². The van der Waals surface area contributed by atoms with Crippen LogP contribution in [0.3, 0.4) is 0 Å². The maximum absolute atomic E-state index is 9.09. The van der Waals surface area contributed by atoms with Crippen molar-refractivity contribution in [3.8, 4) is 0 Å². The van der Waals surface area contributed by atoms with Crippen LogP contribution in [0.15, 0.2) is 0 Å². The van der Waals surface area contributed by atoms with Crippen molar-refractivity contribution in [1.29, 1.82) is 0 Å². The fourth-order valence-electron chi connectivity index (χ4n) is 1.39. The summed E-state index contributed by atoms with van der Waals surface area (Å²) >= 11 is 6.03. The molecule has 0 rings (SSSR count). The molecule has 0 spiro atoms. The summed E-state index contributed by atoms with van der Waals surface area (Å²) in [5.74, 6) is 0. The third kappa shape index (κ3) is 12.9. The van der Waals surface area contributed by atoms with Gasteiger partial charge in [-0.05, 0) is 25.1 Å². The van der Waals surface area contributed by atoms with Crippen LogP contribution in [0, 0.1) is 0 Å². The van der Waals surface area contributed by atoms with E-state index in [1.165, 1.54) is 50.5 Å². The molecule has 0 saturated heterocycles. The number of hydrogen-bond acceptors (Lipinski definition) is 3. The zero-order chi connectivity index (χ0) is 11.5. The predicted octanol–water partition coefficient (Wildman–Crippen LogP) is 4.16. The monoisotopic (exact) mass is 313 g/mol. The maximum Gasteiger partial charge on any atom is 0.233 e. The summed E-state index contributed by atoms with van der Waals surface area (Å²) in [6.45, 7) is 6.46. The first-order valence-corrected chi connectivity index (χ1v) is 7.04. The van der Waals surface area contributed by atoms with Gasteiger partial charge in [-0.3, -0.25) is 0 Å². The third-order valence-electron chi connectivity index (χ3n) is 2.23. The summed E-state index contributed by atoms with van der Waals surface area (Å²) < 4.78 is 2.23. The second-order valence-electron chi connectivity index (χ2n) is 3.70. The van der Waals surface area contributed by atoms with Crippen LogP contribution >= 0.6 is 24.2 Å². The largest absolute Gasteiger partial charge is 0.493 e. The Morgan fingerprint density at radius 2 is 1.50 bits per heavy atom. The van der Waals surface area contributed by atoms with Crippen LogP contribution in [0.25, 0.3) is 0 Å². The first-order chi connectivity index (χ1) is 7.20. The molecule has 0 unspecified atom stereocenters. The molecule has 0 aliphatic carbocycles. The van der Waals surface area contributed by atoms with E-state index in [0.29, 0.717) is 0 Å². The molecule has 0 aromatic rings. The van der Waals surface area contributed by atoms with Crippen molar-refractivity contribution >= 4 is 28.5 Å². The molecular weight excluding hydrogens is 292 g/mol. The van der Waals surface area contributed by atoms with Crippen molar-refractivity contribution in [3.63, 3.8) is 0 Å². The van der Waals surface area contributed by atoms with E-state index in [-0.39, 0.29) is 23.9 Å². The Balaban J connectivity index is 0. The van der Waals surface area contributed by atoms with Crippen LogP contribution < -0.4 is 0 Å². The summed E-state index contributed by atoms with van der Waals surface area (Å²) in [4.78, 5) is 0. The van der Waals surface area contributed by atoms with Gasteiger partial charge in [0.25, 0.3) is 0 Å². The molecule has 16 heavy (non-hydrogen) atoms. The Hall–Kier alpha value is 0.823. The number of unbranched alkanes of at least 4 members (excludes halogenated alkanes) is 4. The number of aliphatic hydroxyl groups excluding tert-OH is 1. The summed E-state index contributed by atoms with van der Waals surface area (Å²) in [5, 5.41) is 9.09. The Morgan fingerprint density at radius 1 is 1.06 bits per heavy atom. The van der Waals surface area contributed by atoms with Crippen molar-refractivity contribution in [2.24, 2.45) is 0 Å². The first kappa shape index (κ1) is 19.2. The van der Waals surface area contributed by atoms with Gasteiger partial charge in [0.05, 0.1) is 0 Å². The topological polar surface area (TPSA) is 23.5 Å². The molecule has 0 aliphatic heterocycles. The molecule has 0 aromatic carbocycles. The van der Waals surface area contributed by atoms with Gasteiger partial charge in [0.15, 0.2) is 0 Å². The van der Waals surface area contributed by atoms with Crippen LogP contribution in [0.1, 0.15) is 52.4 Å². The number of thiocarbonyl (C=S) groups is 1. The van der Waals surface area contributed by atoms with Gasteiger partial charge in [-0.1, -0.05) is 39.5 Å². The van der Waals surface area contributed by atoms with Gasteiger partial charge < -0.3 is 5.11 Å².